The number of Topliss-reactive ketones (excluding diaryl/α,β-unsaturated/α-hetero) is 2. The van der Waals surface area contributed by atoms with Gasteiger partial charge < -0.3 is 25.3 Å². The quantitative estimate of drug-likeness (QED) is 0.197. The number of hydrogen-bond donors (Lipinski definition) is 3. The highest BCUT2D eigenvalue weighted by atomic mass is 79.9. The van der Waals surface area contributed by atoms with Crippen LogP contribution in [0.25, 0.3) is 0 Å². The maximum absolute atomic E-state index is 13.6. The molecule has 10 fully saturated rings. The number of nitrogens with one attached hydrogen (secondary N) is 1. The Bertz CT molecular complexity index is 1580. The molecule has 0 aromatic heterocycles. The van der Waals surface area contributed by atoms with Crippen molar-refractivity contribution >= 4 is 27.5 Å². The Morgan fingerprint density at radius 1 is 0.522 bits per heavy atom. The molecule has 8 saturated carbocycles. The van der Waals surface area contributed by atoms with Gasteiger partial charge in [0.15, 0.2) is 0 Å². The van der Waals surface area contributed by atoms with Gasteiger partial charge >= 0.3 is 0 Å². The van der Waals surface area contributed by atoms with Gasteiger partial charge in [0, 0.05) is 64.2 Å². The molecule has 0 aromatic rings. The van der Waals surface area contributed by atoms with Crippen molar-refractivity contribution in [2.75, 3.05) is 77.3 Å². The minimum atomic E-state index is -0.427. The predicted molar refractivity (Wildman–Crippen MR) is 282 cm³/mol. The molecule has 388 valence electrons. The van der Waals surface area contributed by atoms with Crippen molar-refractivity contribution in [1.82, 2.24) is 20.0 Å². The third-order valence-electron chi connectivity index (χ3n) is 21.5. The van der Waals surface area contributed by atoms with Gasteiger partial charge in [-0.25, -0.2) is 0 Å². The van der Waals surface area contributed by atoms with Crippen LogP contribution in [0.4, 0.5) is 0 Å². The zero-order valence-corrected chi connectivity index (χ0v) is 44.1. The van der Waals surface area contributed by atoms with Crippen molar-refractivity contribution in [2.24, 2.45) is 81.8 Å². The molecule has 10 aliphatic rings. The van der Waals surface area contributed by atoms with Crippen LogP contribution in [0, 0.1) is 81.8 Å². The highest BCUT2D eigenvalue weighted by Gasteiger charge is 2.60. The molecule has 9 heteroatoms. The Labute approximate surface area is 420 Å². The van der Waals surface area contributed by atoms with E-state index in [1.54, 1.807) is 0 Å². The number of aliphatic hydroxyl groups is 2. The average Bonchev–Trinajstić information content (AvgIpc) is 3.84. The molecule has 8 aliphatic carbocycles. The van der Waals surface area contributed by atoms with E-state index in [1.165, 1.54) is 129 Å². The van der Waals surface area contributed by atoms with Gasteiger partial charge in [-0.3, -0.25) is 14.5 Å². The van der Waals surface area contributed by atoms with E-state index in [-0.39, 0.29) is 25.7 Å². The third-order valence-corrected chi connectivity index (χ3v) is 22.1. The standard InChI is InChI=1S/C28H48N2O2.C21H33BrO2.C7H16N2.2CH4/c1-4-13-29-14-16-30(17-15-29)19-26(31)25-8-7-24-23-6-5-20-18-27(2,32)11-9-21(20)22(23)10-12-28(24,25)3;1-20(24)9-7-14-13(11-20)3-4-16-15(14)8-10-21(2)17(16)5-6-18(21)19(23)12-22;1-2-5-9-6-3-8-4-7-9;;/h20-25,32H,4-19H2,1-3H3;13-18,24H,3-12H2,1-2H3;8H,2-7H2,1H3;2*1H4/t20-,21+,22-,23-,24+,25-,27-,28+;13-,14+,15-,16-,17+,18-,20-,21+;;;/m11.../s1. The number of ketones is 2. The molecule has 10 rings (SSSR count). The number of halogens is 1. The van der Waals surface area contributed by atoms with Gasteiger partial charge in [-0.2, -0.15) is 0 Å². The first-order chi connectivity index (χ1) is 31.1. The lowest BCUT2D eigenvalue weighted by Gasteiger charge is -2.57. The van der Waals surface area contributed by atoms with E-state index in [9.17, 15) is 19.8 Å². The van der Waals surface area contributed by atoms with E-state index < -0.39 is 11.2 Å². The average molecular weight is 1000 g/mol. The second-order valence-corrected chi connectivity index (χ2v) is 26.0. The summed E-state index contributed by atoms with van der Waals surface area (Å²) in [6.07, 6.45) is 24.3. The molecule has 16 atom stereocenters. The van der Waals surface area contributed by atoms with Gasteiger partial charge in [0.05, 0.1) is 23.1 Å². The highest BCUT2D eigenvalue weighted by Crippen LogP contribution is 2.66. The second-order valence-electron chi connectivity index (χ2n) is 25.5. The van der Waals surface area contributed by atoms with Crippen LogP contribution in [-0.4, -0.2) is 125 Å². The zero-order valence-electron chi connectivity index (χ0n) is 42.5. The van der Waals surface area contributed by atoms with E-state index in [0.29, 0.717) is 35.3 Å². The van der Waals surface area contributed by atoms with Gasteiger partial charge in [0.2, 0.25) is 0 Å². The van der Waals surface area contributed by atoms with Gasteiger partial charge in [0.1, 0.15) is 11.6 Å². The maximum atomic E-state index is 13.6. The summed E-state index contributed by atoms with van der Waals surface area (Å²) in [5.41, 5.74) is -0.337. The fourth-order valence-electron chi connectivity index (χ4n) is 18.4. The lowest BCUT2D eigenvalue weighted by Crippen LogP contribution is -2.52. The summed E-state index contributed by atoms with van der Waals surface area (Å²) in [5, 5.41) is 25.0. The molecule has 0 amide bonds. The van der Waals surface area contributed by atoms with Crippen LogP contribution < -0.4 is 5.32 Å². The molecular weight excluding hydrogens is 897 g/mol. The fourth-order valence-corrected chi connectivity index (χ4v) is 18.8. The number of fused-ring (bicyclic) bond motifs is 10. The normalized spacial score (nSPS) is 45.0. The van der Waals surface area contributed by atoms with Crippen LogP contribution in [0.2, 0.25) is 0 Å². The van der Waals surface area contributed by atoms with Crippen molar-refractivity contribution in [3.8, 4) is 0 Å². The maximum Gasteiger partial charge on any atom is 0.150 e. The van der Waals surface area contributed by atoms with Crippen LogP contribution in [-0.2, 0) is 9.59 Å². The number of hydrogen-bond acceptors (Lipinski definition) is 8. The molecule has 0 radical (unpaired) electrons. The van der Waals surface area contributed by atoms with Gasteiger partial charge in [-0.15, -0.1) is 0 Å². The Morgan fingerprint density at radius 3 is 1.39 bits per heavy atom. The summed E-state index contributed by atoms with van der Waals surface area (Å²) < 4.78 is 0. The van der Waals surface area contributed by atoms with E-state index >= 15 is 0 Å². The predicted octanol–water partition coefficient (Wildman–Crippen LogP) is 11.1. The highest BCUT2D eigenvalue weighted by molar-refractivity contribution is 9.09. The van der Waals surface area contributed by atoms with Crippen molar-refractivity contribution in [1.29, 1.82) is 0 Å². The fraction of sp³-hybridized carbons (Fsp3) is 0.966. The molecule has 2 saturated heterocycles. The SMILES string of the molecule is C.C.CCCN1CCN(CC(=O)[C@H]2CC[C@H]3[C@@H]4CC[C@@H]5C[C@](C)(O)CC[C@@H]5[C@H]4CC[C@]23C)CC1.CCCN1CCNCC1.C[C@@]1(O)CC[C@H]2[C@H](CC[C@@H]3[C@@H]2CC[C@]2(C)[C@@H](C(=O)CBr)CC[C@@H]32)C1. The largest absolute Gasteiger partial charge is 0.390 e. The summed E-state index contributed by atoms with van der Waals surface area (Å²) in [6.45, 7) is 25.9. The lowest BCUT2D eigenvalue weighted by molar-refractivity contribution is -0.133. The molecule has 67 heavy (non-hydrogen) atoms. The summed E-state index contributed by atoms with van der Waals surface area (Å²) in [6, 6.07) is 0. The number of rotatable bonds is 9. The van der Waals surface area contributed by atoms with Gasteiger partial charge in [-0.05, 0) is 225 Å². The Hall–Kier alpha value is -0.420. The van der Waals surface area contributed by atoms with E-state index in [1.807, 2.05) is 6.92 Å². The second kappa shape index (κ2) is 23.6. The van der Waals surface area contributed by atoms with Crippen LogP contribution in [0.15, 0.2) is 0 Å². The molecular formula is C58H105BrN4O4. The summed E-state index contributed by atoms with van der Waals surface area (Å²) in [4.78, 5) is 33.5. The minimum Gasteiger partial charge on any atom is -0.390 e. The van der Waals surface area contributed by atoms with Gasteiger partial charge in [0.25, 0.3) is 0 Å². The van der Waals surface area contributed by atoms with E-state index in [4.69, 9.17) is 0 Å². The van der Waals surface area contributed by atoms with E-state index in [2.05, 4.69) is 70.6 Å². The van der Waals surface area contributed by atoms with Crippen molar-refractivity contribution in [3.63, 3.8) is 0 Å². The first kappa shape index (κ1) is 55.9. The zero-order chi connectivity index (χ0) is 46.1. The van der Waals surface area contributed by atoms with Crippen LogP contribution in [0.3, 0.4) is 0 Å². The number of piperazine rings is 2. The molecule has 3 N–H and O–H groups in total. The first-order valence-electron chi connectivity index (χ1n) is 28.0. The summed E-state index contributed by atoms with van der Waals surface area (Å²) in [5.74, 6) is 9.74. The Kier molecular flexibility index (Phi) is 19.7. The van der Waals surface area contributed by atoms with E-state index in [0.717, 1.165) is 124 Å². The Morgan fingerprint density at radius 2 is 0.940 bits per heavy atom. The van der Waals surface area contributed by atoms with Crippen LogP contribution >= 0.6 is 15.9 Å². The Balaban J connectivity index is 0.000000186. The van der Waals surface area contributed by atoms with Crippen LogP contribution in [0.5, 0.6) is 0 Å². The summed E-state index contributed by atoms with van der Waals surface area (Å²) in [7, 11) is 0. The molecule has 2 aliphatic heterocycles. The molecule has 0 spiro atoms. The monoisotopic (exact) mass is 1000 g/mol. The number of alkyl halides is 1. The van der Waals surface area contributed by atoms with Crippen molar-refractivity contribution in [2.45, 2.75) is 196 Å². The van der Waals surface area contributed by atoms with Crippen LogP contribution in [0.1, 0.15) is 185 Å². The molecule has 2 heterocycles. The molecule has 0 aromatic carbocycles. The first-order valence-corrected chi connectivity index (χ1v) is 29.2. The third kappa shape index (κ3) is 12.2. The molecule has 0 unspecified atom stereocenters. The lowest BCUT2D eigenvalue weighted by atomic mass is 9.49. The molecule has 0 bridgehead atoms. The molecule has 8 nitrogen and oxygen atoms in total. The number of carbonyl (C=O) groups excluding carboxylic acids is 2. The minimum absolute atomic E-state index is 0. The number of nitrogens with zero attached hydrogens (tertiary/aromatic N) is 3. The van der Waals surface area contributed by atoms with Crippen molar-refractivity contribution < 1.29 is 19.8 Å². The van der Waals surface area contributed by atoms with Crippen molar-refractivity contribution in [3.05, 3.63) is 0 Å². The topological polar surface area (TPSA) is 96.3 Å². The smallest absolute Gasteiger partial charge is 0.150 e. The number of carbonyl (C=O) groups is 2. The summed E-state index contributed by atoms with van der Waals surface area (Å²) >= 11 is 3.42. The van der Waals surface area contributed by atoms with Gasteiger partial charge in [-0.1, -0.05) is 58.5 Å².